The average molecular weight is 514 g/mol. The minimum Gasteiger partial charge on any atom is -0.462 e. The number of unbranched alkanes of at least 4 members (excludes halogenated alkanes) is 8. The van der Waals surface area contributed by atoms with Gasteiger partial charge in [0.1, 0.15) is 6.10 Å². The maximum atomic E-state index is 13.2. The molecule has 2 atom stereocenters. The van der Waals surface area contributed by atoms with Gasteiger partial charge >= 0.3 is 5.97 Å². The van der Waals surface area contributed by atoms with Crippen molar-refractivity contribution in [2.45, 2.75) is 141 Å². The van der Waals surface area contributed by atoms with E-state index in [1.165, 1.54) is 38.5 Å². The lowest BCUT2D eigenvalue weighted by molar-refractivity contribution is -0.315. The standard InChI is InChI=1S/C29H55NO6/c1-2-3-4-5-6-8-13-25(14-9-7-10-16-29(33,34)35)27(32)36-26-15-17-28(24-26)18-21-30(22-19-28)20-11-12-23-31/h25-26,31,33-35H,2-24H2,1H3. The number of piperidine rings is 1. The van der Waals surface area contributed by atoms with E-state index in [9.17, 15) is 4.79 Å². The van der Waals surface area contributed by atoms with E-state index >= 15 is 0 Å². The van der Waals surface area contributed by atoms with Crippen molar-refractivity contribution >= 4 is 5.97 Å². The van der Waals surface area contributed by atoms with Crippen molar-refractivity contribution in [1.82, 2.24) is 4.90 Å². The molecule has 0 amide bonds. The summed E-state index contributed by atoms with van der Waals surface area (Å²) in [6.07, 6.45) is 18.4. The molecule has 2 unspecified atom stereocenters. The van der Waals surface area contributed by atoms with Crippen LogP contribution in [0.1, 0.15) is 129 Å². The minimum atomic E-state index is -2.59. The second kappa shape index (κ2) is 17.0. The zero-order chi connectivity index (χ0) is 26.3. The Labute approximate surface area is 219 Å². The molecular formula is C29H55NO6. The van der Waals surface area contributed by atoms with Crippen LogP contribution in [0.5, 0.6) is 0 Å². The number of carbonyl (C=O) groups excluding carboxylic acids is 1. The molecule has 1 aliphatic heterocycles. The Balaban J connectivity index is 1.76. The van der Waals surface area contributed by atoms with E-state index in [1.807, 2.05) is 0 Å². The fourth-order valence-corrected chi connectivity index (χ4v) is 6.15. The smallest absolute Gasteiger partial charge is 0.309 e. The highest BCUT2D eigenvalue weighted by atomic mass is 16.7. The van der Waals surface area contributed by atoms with Crippen LogP contribution in [0.15, 0.2) is 0 Å². The second-order valence-electron chi connectivity index (χ2n) is 11.7. The molecule has 1 saturated carbocycles. The van der Waals surface area contributed by atoms with Crippen LogP contribution in [-0.4, -0.2) is 69.6 Å². The van der Waals surface area contributed by atoms with E-state index in [0.717, 1.165) is 90.3 Å². The first-order valence-corrected chi connectivity index (χ1v) is 15.0. The normalized spacial score (nSPS) is 21.2. The third kappa shape index (κ3) is 12.7. The summed E-state index contributed by atoms with van der Waals surface area (Å²) in [7, 11) is 0. The van der Waals surface area contributed by atoms with Gasteiger partial charge in [0.05, 0.1) is 5.92 Å². The van der Waals surface area contributed by atoms with Crippen LogP contribution in [0.3, 0.4) is 0 Å². The van der Waals surface area contributed by atoms with Gasteiger partial charge in [0.15, 0.2) is 0 Å². The van der Waals surface area contributed by atoms with Crippen molar-refractivity contribution in [2.75, 3.05) is 26.2 Å². The number of carbonyl (C=O) groups is 1. The van der Waals surface area contributed by atoms with Crippen LogP contribution < -0.4 is 0 Å². The van der Waals surface area contributed by atoms with Crippen molar-refractivity contribution < 1.29 is 30.0 Å². The predicted octanol–water partition coefficient (Wildman–Crippen LogP) is 4.88. The number of hydrogen-bond donors (Lipinski definition) is 4. The van der Waals surface area contributed by atoms with Crippen molar-refractivity contribution in [3.05, 3.63) is 0 Å². The van der Waals surface area contributed by atoms with E-state index in [4.69, 9.17) is 25.2 Å². The van der Waals surface area contributed by atoms with Gasteiger partial charge in [0.25, 0.3) is 5.97 Å². The summed E-state index contributed by atoms with van der Waals surface area (Å²) < 4.78 is 6.11. The van der Waals surface area contributed by atoms with E-state index in [2.05, 4.69) is 11.8 Å². The maximum absolute atomic E-state index is 13.2. The molecule has 212 valence electrons. The minimum absolute atomic E-state index is 0.0344. The fraction of sp³-hybridized carbons (Fsp3) is 0.966. The number of nitrogens with zero attached hydrogens (tertiary/aromatic N) is 1. The third-order valence-corrected chi connectivity index (χ3v) is 8.54. The summed E-state index contributed by atoms with van der Waals surface area (Å²) in [5.41, 5.74) is 0.332. The Morgan fingerprint density at radius 3 is 2.19 bits per heavy atom. The fourth-order valence-electron chi connectivity index (χ4n) is 6.15. The van der Waals surface area contributed by atoms with Crippen molar-refractivity contribution in [3.8, 4) is 0 Å². The molecule has 0 radical (unpaired) electrons. The molecule has 0 aromatic carbocycles. The van der Waals surface area contributed by atoms with Gasteiger partial charge in [0, 0.05) is 13.0 Å². The molecule has 2 fully saturated rings. The molecule has 7 heteroatoms. The molecule has 1 saturated heterocycles. The molecular weight excluding hydrogens is 458 g/mol. The number of likely N-dealkylation sites (tertiary alicyclic amines) is 1. The van der Waals surface area contributed by atoms with Crippen LogP contribution in [0, 0.1) is 11.3 Å². The predicted molar refractivity (Wildman–Crippen MR) is 142 cm³/mol. The van der Waals surface area contributed by atoms with Gasteiger partial charge in [-0.1, -0.05) is 58.3 Å². The lowest BCUT2D eigenvalue weighted by Crippen LogP contribution is -2.39. The van der Waals surface area contributed by atoms with Gasteiger partial charge in [0.2, 0.25) is 0 Å². The Hall–Kier alpha value is -0.730. The molecule has 0 aromatic heterocycles. The van der Waals surface area contributed by atoms with Crippen molar-refractivity contribution in [3.63, 3.8) is 0 Å². The van der Waals surface area contributed by atoms with Crippen LogP contribution >= 0.6 is 0 Å². The maximum Gasteiger partial charge on any atom is 0.309 e. The van der Waals surface area contributed by atoms with E-state index in [-0.39, 0.29) is 31.0 Å². The first-order valence-electron chi connectivity index (χ1n) is 15.0. The number of ether oxygens (including phenoxy) is 1. The first kappa shape index (κ1) is 31.5. The van der Waals surface area contributed by atoms with Gasteiger partial charge < -0.3 is 30.1 Å². The molecule has 0 bridgehead atoms. The molecule has 2 rings (SSSR count). The Bertz CT molecular complexity index is 585. The van der Waals surface area contributed by atoms with Crippen molar-refractivity contribution in [2.24, 2.45) is 11.3 Å². The average Bonchev–Trinajstić information content (AvgIpc) is 3.22. The van der Waals surface area contributed by atoms with Gasteiger partial charge in [-0.3, -0.25) is 4.79 Å². The zero-order valence-corrected chi connectivity index (χ0v) is 23.0. The highest BCUT2D eigenvalue weighted by Crippen LogP contribution is 2.47. The van der Waals surface area contributed by atoms with E-state index in [1.54, 1.807) is 0 Å². The Morgan fingerprint density at radius 2 is 1.56 bits per heavy atom. The van der Waals surface area contributed by atoms with Gasteiger partial charge in [-0.2, -0.15) is 0 Å². The Kier molecular flexibility index (Phi) is 14.8. The molecule has 0 aromatic rings. The largest absolute Gasteiger partial charge is 0.462 e. The number of esters is 1. The summed E-state index contributed by atoms with van der Waals surface area (Å²) in [5.74, 6) is -2.71. The summed E-state index contributed by atoms with van der Waals surface area (Å²) in [4.78, 5) is 15.7. The van der Waals surface area contributed by atoms with Crippen LogP contribution in [-0.2, 0) is 9.53 Å². The Morgan fingerprint density at radius 1 is 0.917 bits per heavy atom. The van der Waals surface area contributed by atoms with Crippen LogP contribution in [0.25, 0.3) is 0 Å². The highest BCUT2D eigenvalue weighted by molar-refractivity contribution is 5.72. The van der Waals surface area contributed by atoms with Gasteiger partial charge in [-0.25, -0.2) is 0 Å². The topological polar surface area (TPSA) is 110 Å². The van der Waals surface area contributed by atoms with Crippen molar-refractivity contribution in [1.29, 1.82) is 0 Å². The van der Waals surface area contributed by atoms with Gasteiger partial charge in [-0.05, 0) is 89.3 Å². The van der Waals surface area contributed by atoms with Gasteiger partial charge in [-0.15, -0.1) is 0 Å². The highest BCUT2D eigenvalue weighted by Gasteiger charge is 2.43. The molecule has 1 heterocycles. The molecule has 1 spiro atoms. The lowest BCUT2D eigenvalue weighted by atomic mass is 9.77. The third-order valence-electron chi connectivity index (χ3n) is 8.54. The number of aliphatic hydroxyl groups excluding tert-OH is 1. The molecule has 1 aliphatic carbocycles. The zero-order valence-electron chi connectivity index (χ0n) is 23.0. The quantitative estimate of drug-likeness (QED) is 0.111. The number of hydrogen-bond acceptors (Lipinski definition) is 7. The molecule has 4 N–H and O–H groups in total. The molecule has 2 aliphatic rings. The number of rotatable bonds is 19. The first-order chi connectivity index (χ1) is 17.3. The monoisotopic (exact) mass is 513 g/mol. The van der Waals surface area contributed by atoms with E-state index < -0.39 is 5.97 Å². The van der Waals surface area contributed by atoms with E-state index in [0.29, 0.717) is 11.8 Å². The summed E-state index contributed by atoms with van der Waals surface area (Å²) in [5, 5.41) is 36.2. The second-order valence-corrected chi connectivity index (χ2v) is 11.7. The molecule has 36 heavy (non-hydrogen) atoms. The van der Waals surface area contributed by atoms with Crippen LogP contribution in [0.2, 0.25) is 0 Å². The summed E-state index contributed by atoms with van der Waals surface area (Å²) in [6.45, 7) is 5.80. The summed E-state index contributed by atoms with van der Waals surface area (Å²) in [6, 6.07) is 0. The molecule has 7 nitrogen and oxygen atoms in total. The van der Waals surface area contributed by atoms with Crippen LogP contribution in [0.4, 0.5) is 0 Å². The summed E-state index contributed by atoms with van der Waals surface area (Å²) >= 11 is 0. The SMILES string of the molecule is CCCCCCCCC(CCCCCC(O)(O)O)C(=O)OC1CCC2(CCN(CCCCO)CC2)C1. The lowest BCUT2D eigenvalue weighted by Gasteiger charge is -2.39. The number of aliphatic hydroxyl groups is 4.